The highest BCUT2D eigenvalue weighted by Crippen LogP contribution is 2.45. The first kappa shape index (κ1) is 30.0. The number of nitrogens with zero attached hydrogens (tertiary/aromatic N) is 2. The molecule has 0 aliphatic rings. The molecule has 55 heavy (non-hydrogen) atoms. The van der Waals surface area contributed by atoms with Crippen LogP contribution in [0.1, 0.15) is 5.56 Å². The Hall–Kier alpha value is -7.47. The highest BCUT2D eigenvalue weighted by atomic mass is 15.0. The number of nitriles is 1. The summed E-state index contributed by atoms with van der Waals surface area (Å²) in [6.45, 7) is 0. The fourth-order valence-corrected chi connectivity index (χ4v) is 9.45. The largest absolute Gasteiger partial charge is 0.309 e. The zero-order valence-electron chi connectivity index (χ0n) is 29.7. The Balaban J connectivity index is 1.00. The van der Waals surface area contributed by atoms with Gasteiger partial charge in [-0.1, -0.05) is 146 Å². The molecule has 1 aromatic heterocycles. The molecule has 0 amide bonds. The predicted octanol–water partition coefficient (Wildman–Crippen LogP) is 14.3. The van der Waals surface area contributed by atoms with E-state index in [1.807, 2.05) is 6.07 Å². The van der Waals surface area contributed by atoms with E-state index in [0.29, 0.717) is 5.56 Å². The van der Waals surface area contributed by atoms with Crippen LogP contribution in [0.5, 0.6) is 0 Å². The smallest absolute Gasteiger partial charge is 0.0998 e. The molecule has 0 atom stereocenters. The molecule has 2 nitrogen and oxygen atoms in total. The highest BCUT2D eigenvalue weighted by molar-refractivity contribution is 6.29. The van der Waals surface area contributed by atoms with Crippen LogP contribution in [0.15, 0.2) is 182 Å². The van der Waals surface area contributed by atoms with Crippen LogP contribution in [0.2, 0.25) is 0 Å². The molecule has 1 heterocycles. The summed E-state index contributed by atoms with van der Waals surface area (Å²) in [6, 6.07) is 68.7. The first-order valence-corrected chi connectivity index (χ1v) is 18.8. The third-order valence-electron chi connectivity index (χ3n) is 12.0. The summed E-state index contributed by atoms with van der Waals surface area (Å²) in [5.74, 6) is 0. The number of fused-ring (bicyclic) bond motifs is 1. The Labute approximate surface area is 317 Å². The lowest BCUT2D eigenvalue weighted by Crippen LogP contribution is -1.93. The fraction of sp³-hybridized carbons (Fsp3) is 0. The van der Waals surface area contributed by atoms with E-state index in [-0.39, 0.29) is 0 Å². The minimum absolute atomic E-state index is 0.703. The number of hydrogen-bond donors (Lipinski definition) is 0. The zero-order chi connectivity index (χ0) is 36.2. The van der Waals surface area contributed by atoms with Gasteiger partial charge in [0.1, 0.15) is 0 Å². The summed E-state index contributed by atoms with van der Waals surface area (Å²) < 4.78 is 2.33. The summed E-state index contributed by atoms with van der Waals surface area (Å²) >= 11 is 0. The van der Waals surface area contributed by atoms with Gasteiger partial charge in [0.2, 0.25) is 0 Å². The van der Waals surface area contributed by atoms with Gasteiger partial charge in [-0.05, 0) is 118 Å². The number of rotatable bonds is 4. The van der Waals surface area contributed by atoms with E-state index in [2.05, 4.69) is 187 Å². The highest BCUT2D eigenvalue weighted by Gasteiger charge is 2.21. The van der Waals surface area contributed by atoms with Gasteiger partial charge in [0.15, 0.2) is 0 Å². The molecule has 0 aliphatic heterocycles. The summed E-state index contributed by atoms with van der Waals surface area (Å²) in [7, 11) is 0. The Bertz CT molecular complexity index is 3530. The topological polar surface area (TPSA) is 28.7 Å². The predicted molar refractivity (Wildman–Crippen MR) is 232 cm³/mol. The van der Waals surface area contributed by atoms with Crippen LogP contribution < -0.4 is 0 Å². The van der Waals surface area contributed by atoms with Gasteiger partial charge < -0.3 is 4.57 Å². The van der Waals surface area contributed by atoms with Crippen LogP contribution in [-0.4, -0.2) is 4.57 Å². The third-order valence-corrected chi connectivity index (χ3v) is 12.0. The van der Waals surface area contributed by atoms with E-state index < -0.39 is 0 Å². The van der Waals surface area contributed by atoms with Crippen molar-refractivity contribution < 1.29 is 0 Å². The van der Waals surface area contributed by atoms with Gasteiger partial charge in [-0.2, -0.15) is 5.26 Å². The molecule has 0 unspecified atom stereocenters. The minimum atomic E-state index is 0.703. The van der Waals surface area contributed by atoms with Gasteiger partial charge in [-0.3, -0.25) is 0 Å². The summed E-state index contributed by atoms with van der Waals surface area (Å²) in [5.41, 5.74) is 11.4. The number of hydrogen-bond acceptors (Lipinski definition) is 1. The van der Waals surface area contributed by atoms with Gasteiger partial charge in [0, 0.05) is 21.8 Å². The molecular weight excluding hydrogens is 665 g/mol. The van der Waals surface area contributed by atoms with Gasteiger partial charge in [0.25, 0.3) is 0 Å². The van der Waals surface area contributed by atoms with Crippen molar-refractivity contribution in [1.29, 1.82) is 5.26 Å². The summed E-state index contributed by atoms with van der Waals surface area (Å²) in [6.07, 6.45) is 0. The molecule has 11 aromatic carbocycles. The molecule has 0 aliphatic carbocycles. The van der Waals surface area contributed by atoms with Crippen molar-refractivity contribution in [2.45, 2.75) is 0 Å². The van der Waals surface area contributed by atoms with Crippen molar-refractivity contribution in [3.8, 4) is 45.1 Å². The van der Waals surface area contributed by atoms with E-state index in [9.17, 15) is 5.26 Å². The van der Waals surface area contributed by atoms with Crippen molar-refractivity contribution in [3.05, 3.63) is 188 Å². The second kappa shape index (κ2) is 11.3. The van der Waals surface area contributed by atoms with Gasteiger partial charge in [0.05, 0.1) is 22.7 Å². The molecule has 12 aromatic rings. The van der Waals surface area contributed by atoms with Gasteiger partial charge in [-0.15, -0.1) is 0 Å². The SMILES string of the molecule is N#Cc1ccc2c3c1ccc1c(-c4ccc(-c5ccc6ccc7c(-c8ccc9ccccc9c8)ccc8ccc5c6c87)cc4)ccc(c13)n2-c1ccccc1. The normalized spacial score (nSPS) is 12.0. The molecule has 0 radical (unpaired) electrons. The van der Waals surface area contributed by atoms with Crippen LogP contribution in [0.25, 0.3) is 115 Å². The van der Waals surface area contributed by atoms with Crippen LogP contribution in [0.4, 0.5) is 0 Å². The molecule has 252 valence electrons. The average molecular weight is 695 g/mol. The Morgan fingerprint density at radius 3 is 1.49 bits per heavy atom. The van der Waals surface area contributed by atoms with E-state index in [1.54, 1.807) is 0 Å². The Morgan fingerprint density at radius 1 is 0.345 bits per heavy atom. The molecule has 12 rings (SSSR count). The third kappa shape index (κ3) is 4.24. The van der Waals surface area contributed by atoms with E-state index in [1.165, 1.54) is 87.2 Å². The Morgan fingerprint density at radius 2 is 0.818 bits per heavy atom. The van der Waals surface area contributed by atoms with Crippen LogP contribution >= 0.6 is 0 Å². The molecule has 0 N–H and O–H groups in total. The fourth-order valence-electron chi connectivity index (χ4n) is 9.45. The molecular formula is C53H30N2. The lowest BCUT2D eigenvalue weighted by molar-refractivity contribution is 1.18. The monoisotopic (exact) mass is 694 g/mol. The van der Waals surface area contributed by atoms with Crippen molar-refractivity contribution in [2.24, 2.45) is 0 Å². The van der Waals surface area contributed by atoms with E-state index >= 15 is 0 Å². The average Bonchev–Trinajstić information content (AvgIpc) is 3.60. The number of aromatic nitrogens is 1. The number of benzene rings is 11. The molecule has 0 saturated heterocycles. The lowest BCUT2D eigenvalue weighted by Gasteiger charge is -2.17. The lowest BCUT2D eigenvalue weighted by atomic mass is 9.86. The second-order valence-electron chi connectivity index (χ2n) is 14.7. The van der Waals surface area contributed by atoms with Crippen molar-refractivity contribution in [2.75, 3.05) is 0 Å². The molecule has 0 saturated carbocycles. The van der Waals surface area contributed by atoms with Crippen molar-refractivity contribution in [1.82, 2.24) is 4.57 Å². The standard InChI is InChI=1S/C53H30N2/c54-31-39-20-28-48-52-44(39)25-26-47-42(27-29-49(53(47)52)55(48)40-8-2-1-3-9-40)34-13-11-33(12-14-34)41-21-16-35-19-24-46-43(22-17-36-18-23-45(41)50(35)51(36)46)38-15-10-32-6-4-5-7-37(32)30-38/h1-30H. The first-order valence-electron chi connectivity index (χ1n) is 18.8. The van der Waals surface area contributed by atoms with Gasteiger partial charge >= 0.3 is 0 Å². The summed E-state index contributed by atoms with van der Waals surface area (Å²) in [4.78, 5) is 0. The Kier molecular flexibility index (Phi) is 6.15. The summed E-state index contributed by atoms with van der Waals surface area (Å²) in [5, 5.41) is 24.8. The molecule has 2 heteroatoms. The molecule has 0 fully saturated rings. The minimum Gasteiger partial charge on any atom is -0.309 e. The zero-order valence-corrected chi connectivity index (χ0v) is 29.7. The maximum Gasteiger partial charge on any atom is 0.0998 e. The first-order chi connectivity index (χ1) is 27.2. The van der Waals surface area contributed by atoms with E-state index in [0.717, 1.165) is 27.5 Å². The van der Waals surface area contributed by atoms with Crippen molar-refractivity contribution in [3.63, 3.8) is 0 Å². The van der Waals surface area contributed by atoms with Crippen LogP contribution in [0, 0.1) is 11.3 Å². The molecule has 0 spiro atoms. The van der Waals surface area contributed by atoms with Crippen LogP contribution in [0.3, 0.4) is 0 Å². The maximum absolute atomic E-state index is 10.0. The van der Waals surface area contributed by atoms with Crippen molar-refractivity contribution >= 4 is 75.7 Å². The van der Waals surface area contributed by atoms with Crippen LogP contribution in [-0.2, 0) is 0 Å². The van der Waals surface area contributed by atoms with E-state index in [4.69, 9.17) is 0 Å². The van der Waals surface area contributed by atoms with Gasteiger partial charge in [-0.25, -0.2) is 0 Å². The number of para-hydroxylation sites is 1. The maximum atomic E-state index is 10.0. The molecule has 0 bridgehead atoms. The second-order valence-corrected chi connectivity index (χ2v) is 14.7. The quantitative estimate of drug-likeness (QED) is 0.169.